The van der Waals surface area contributed by atoms with E-state index in [9.17, 15) is 19.0 Å². The number of likely N-dealkylation sites (N-methyl/N-ethyl adjacent to an activating group) is 1. The highest BCUT2D eigenvalue weighted by molar-refractivity contribution is 7.47. The summed E-state index contributed by atoms with van der Waals surface area (Å²) in [6.45, 7) is 4.23. The highest BCUT2D eigenvalue weighted by Crippen LogP contribution is 2.43. The van der Waals surface area contributed by atoms with Crippen molar-refractivity contribution in [2.45, 2.75) is 315 Å². The van der Waals surface area contributed by atoms with Gasteiger partial charge >= 0.3 is 19.8 Å². The standard InChI is InChI=1S/C80H138NO8P/c1-6-8-10-12-14-16-18-20-22-24-26-28-30-32-34-36-38-39-40-41-43-45-47-49-51-53-55-57-59-61-63-65-67-69-71-73-80(83)89-78(77-88-90(84,85)87-75-74-81(3,4)5)76-86-79(82)72-70-68-66-64-62-60-58-56-54-52-50-48-46-44-42-37-35-33-31-29-27-25-23-21-19-17-15-13-11-9-7-2/h8-11,14-17,20-23,26-29,32-35,38-39,78H,6-7,12-13,18-19,24-25,30-31,36-37,40-77H2,1-5H3/p+1/b10-8-,11-9-,16-14-,17-15-,22-20-,23-21-,28-26-,29-27-,34-32-,35-33-,39-38-. The van der Waals surface area contributed by atoms with Crippen LogP contribution in [-0.2, 0) is 32.7 Å². The predicted molar refractivity (Wildman–Crippen MR) is 390 cm³/mol. The third-order valence-corrected chi connectivity index (χ3v) is 16.7. The molecule has 0 spiro atoms. The lowest BCUT2D eigenvalue weighted by Gasteiger charge is -2.24. The van der Waals surface area contributed by atoms with Gasteiger partial charge in [0.2, 0.25) is 0 Å². The van der Waals surface area contributed by atoms with Crippen LogP contribution in [0.4, 0.5) is 0 Å². The fraction of sp³-hybridized carbons (Fsp3) is 0.700. The molecule has 1 N–H and O–H groups in total. The van der Waals surface area contributed by atoms with E-state index in [0.29, 0.717) is 17.4 Å². The van der Waals surface area contributed by atoms with Crippen molar-refractivity contribution in [3.05, 3.63) is 134 Å². The topological polar surface area (TPSA) is 108 Å². The first-order chi connectivity index (χ1) is 44.0. The summed E-state index contributed by atoms with van der Waals surface area (Å²) in [5.41, 5.74) is 0. The number of allylic oxidation sites excluding steroid dienone is 22. The van der Waals surface area contributed by atoms with Crippen LogP contribution in [0.15, 0.2) is 134 Å². The van der Waals surface area contributed by atoms with E-state index in [1.54, 1.807) is 0 Å². The molecule has 0 aromatic heterocycles. The summed E-state index contributed by atoms with van der Waals surface area (Å²) in [6.07, 6.45) is 101. The van der Waals surface area contributed by atoms with Crippen LogP contribution in [0.2, 0.25) is 0 Å². The van der Waals surface area contributed by atoms with Crippen molar-refractivity contribution in [1.82, 2.24) is 0 Å². The lowest BCUT2D eigenvalue weighted by Crippen LogP contribution is -2.37. The van der Waals surface area contributed by atoms with Crippen molar-refractivity contribution in [1.29, 1.82) is 0 Å². The molecule has 0 bridgehead atoms. The first-order valence-corrected chi connectivity index (χ1v) is 38.4. The van der Waals surface area contributed by atoms with Crippen LogP contribution in [0.5, 0.6) is 0 Å². The van der Waals surface area contributed by atoms with Gasteiger partial charge in [-0.05, 0) is 109 Å². The Morgan fingerprint density at radius 3 is 0.889 bits per heavy atom. The van der Waals surface area contributed by atoms with E-state index in [1.165, 1.54) is 167 Å². The Morgan fingerprint density at radius 2 is 0.600 bits per heavy atom. The maximum atomic E-state index is 12.9. The molecule has 516 valence electrons. The molecule has 2 unspecified atom stereocenters. The monoisotopic (exact) mass is 1270 g/mol. The van der Waals surface area contributed by atoms with E-state index in [0.717, 1.165) is 109 Å². The maximum Gasteiger partial charge on any atom is 0.472 e. The molecule has 9 nitrogen and oxygen atoms in total. The maximum absolute atomic E-state index is 12.9. The van der Waals surface area contributed by atoms with Gasteiger partial charge in [0.25, 0.3) is 0 Å². The van der Waals surface area contributed by atoms with E-state index < -0.39 is 26.5 Å². The Bertz CT molecular complexity index is 1980. The molecular formula is C80H139NO8P+. The average Bonchev–Trinajstić information content (AvgIpc) is 3.61. The summed E-state index contributed by atoms with van der Waals surface area (Å²) in [7, 11) is 1.48. The number of ether oxygens (including phenoxy) is 2. The molecule has 0 aliphatic rings. The number of hydrogen-bond acceptors (Lipinski definition) is 7. The fourth-order valence-electron chi connectivity index (χ4n) is 10.1. The largest absolute Gasteiger partial charge is 0.472 e. The SMILES string of the molecule is CC/C=C\C/C=C\C/C=C\C/C=C\C/C=C\C/C=C\CCCCCCCCCCCCCCCCCCC(=O)OC(COC(=O)CCCCCCCCCCCCCCCCC/C=C\C/C=C\C/C=C\C/C=C\C/C=C\CC)COP(=O)(O)OCC[N+](C)(C)C. The highest BCUT2D eigenvalue weighted by atomic mass is 31.2. The molecular weight excluding hydrogens is 1130 g/mol. The van der Waals surface area contributed by atoms with Crippen LogP contribution in [0, 0.1) is 0 Å². The second-order valence-corrected chi connectivity index (χ2v) is 27.0. The Labute approximate surface area is 555 Å². The molecule has 0 radical (unpaired) electrons. The Hall–Kier alpha value is -3.85. The van der Waals surface area contributed by atoms with Crippen LogP contribution in [0.1, 0.15) is 309 Å². The number of nitrogens with zero attached hydrogens (tertiary/aromatic N) is 1. The molecule has 2 atom stereocenters. The minimum absolute atomic E-state index is 0.0280. The van der Waals surface area contributed by atoms with Crippen molar-refractivity contribution in [3.8, 4) is 0 Å². The van der Waals surface area contributed by atoms with Crippen LogP contribution in [0.3, 0.4) is 0 Å². The number of carbonyl (C=O) groups excluding carboxylic acids is 2. The van der Waals surface area contributed by atoms with E-state index in [2.05, 4.69) is 148 Å². The van der Waals surface area contributed by atoms with Crippen molar-refractivity contribution < 1.29 is 42.1 Å². The Balaban J connectivity index is 4.02. The number of unbranched alkanes of at least 4 members (excludes halogenated alkanes) is 31. The van der Waals surface area contributed by atoms with Crippen LogP contribution in [-0.4, -0.2) is 74.9 Å². The molecule has 0 saturated carbocycles. The van der Waals surface area contributed by atoms with Gasteiger partial charge in [-0.15, -0.1) is 0 Å². The van der Waals surface area contributed by atoms with E-state index in [4.69, 9.17) is 18.5 Å². The lowest BCUT2D eigenvalue weighted by molar-refractivity contribution is -0.870. The van der Waals surface area contributed by atoms with Crippen LogP contribution >= 0.6 is 7.82 Å². The van der Waals surface area contributed by atoms with Crippen LogP contribution in [0.25, 0.3) is 0 Å². The van der Waals surface area contributed by atoms with Gasteiger partial charge in [0, 0.05) is 12.8 Å². The number of hydrogen-bond donors (Lipinski definition) is 1. The zero-order chi connectivity index (χ0) is 65.5. The number of rotatable bonds is 67. The van der Waals surface area contributed by atoms with Gasteiger partial charge in [-0.3, -0.25) is 18.6 Å². The Morgan fingerprint density at radius 1 is 0.344 bits per heavy atom. The van der Waals surface area contributed by atoms with Crippen LogP contribution < -0.4 is 0 Å². The highest BCUT2D eigenvalue weighted by Gasteiger charge is 2.27. The van der Waals surface area contributed by atoms with Gasteiger partial charge in [-0.2, -0.15) is 0 Å². The minimum atomic E-state index is -4.40. The lowest BCUT2D eigenvalue weighted by atomic mass is 10.0. The van der Waals surface area contributed by atoms with Crippen molar-refractivity contribution >= 4 is 19.8 Å². The predicted octanol–water partition coefficient (Wildman–Crippen LogP) is 24.4. The molecule has 0 aromatic rings. The van der Waals surface area contributed by atoms with E-state index in [1.807, 2.05) is 21.1 Å². The third kappa shape index (κ3) is 73.2. The van der Waals surface area contributed by atoms with Gasteiger partial charge in [0.05, 0.1) is 27.7 Å². The third-order valence-electron chi connectivity index (χ3n) is 15.7. The smallest absolute Gasteiger partial charge is 0.462 e. The molecule has 0 saturated heterocycles. The van der Waals surface area contributed by atoms with E-state index in [-0.39, 0.29) is 32.0 Å². The normalized spacial score (nSPS) is 13.9. The van der Waals surface area contributed by atoms with Gasteiger partial charge in [-0.1, -0.05) is 321 Å². The van der Waals surface area contributed by atoms with Crippen molar-refractivity contribution in [3.63, 3.8) is 0 Å². The van der Waals surface area contributed by atoms with Gasteiger partial charge in [0.15, 0.2) is 6.10 Å². The van der Waals surface area contributed by atoms with Gasteiger partial charge in [-0.25, -0.2) is 4.57 Å². The summed E-state index contributed by atoms with van der Waals surface area (Å²) in [5.74, 6) is -0.792. The first-order valence-electron chi connectivity index (χ1n) is 36.9. The zero-order valence-corrected chi connectivity index (χ0v) is 59.7. The summed E-state index contributed by atoms with van der Waals surface area (Å²) in [4.78, 5) is 35.9. The average molecular weight is 1270 g/mol. The summed E-state index contributed by atoms with van der Waals surface area (Å²) >= 11 is 0. The Kier molecular flexibility index (Phi) is 66.5. The second-order valence-electron chi connectivity index (χ2n) is 25.6. The zero-order valence-electron chi connectivity index (χ0n) is 58.8. The number of esters is 2. The van der Waals surface area contributed by atoms with Gasteiger partial charge < -0.3 is 18.9 Å². The van der Waals surface area contributed by atoms with Gasteiger partial charge in [0.1, 0.15) is 19.8 Å². The molecule has 0 aliphatic heterocycles. The summed E-state index contributed by atoms with van der Waals surface area (Å²) in [6, 6.07) is 0. The van der Waals surface area contributed by atoms with Crippen molar-refractivity contribution in [2.24, 2.45) is 0 Å². The summed E-state index contributed by atoms with van der Waals surface area (Å²) in [5, 5.41) is 0. The fourth-order valence-corrected chi connectivity index (χ4v) is 10.8. The second kappa shape index (κ2) is 69.5. The molecule has 0 amide bonds. The number of quaternary nitrogens is 1. The summed E-state index contributed by atoms with van der Waals surface area (Å²) < 4.78 is 34.8. The van der Waals surface area contributed by atoms with Crippen molar-refractivity contribution in [2.75, 3.05) is 47.5 Å². The number of phosphoric acid groups is 1. The molecule has 90 heavy (non-hydrogen) atoms. The molecule has 10 heteroatoms. The number of carbonyl (C=O) groups is 2. The molecule has 0 aliphatic carbocycles. The minimum Gasteiger partial charge on any atom is -0.462 e. The quantitative estimate of drug-likeness (QED) is 0.0211. The molecule has 0 rings (SSSR count). The molecule has 0 heterocycles. The molecule has 0 fully saturated rings. The number of phosphoric ester groups is 1. The first kappa shape index (κ1) is 86.2. The van der Waals surface area contributed by atoms with E-state index >= 15 is 0 Å². The molecule has 0 aromatic carbocycles.